The molecule has 0 saturated heterocycles. The quantitative estimate of drug-likeness (QED) is 0.770. The summed E-state index contributed by atoms with van der Waals surface area (Å²) in [5.74, 6) is 0.00866. The maximum absolute atomic E-state index is 11.9. The largest absolute Gasteiger partial charge is 0.354 e. The van der Waals surface area contributed by atoms with Gasteiger partial charge in [-0.1, -0.05) is 6.07 Å². The molecule has 2 aromatic rings. The maximum Gasteiger partial charge on any atom is 0.222 e. The van der Waals surface area contributed by atoms with Crippen molar-refractivity contribution >= 4 is 33.6 Å². The molecule has 0 aliphatic heterocycles. The molecule has 0 unspecified atom stereocenters. The molecule has 15 heavy (non-hydrogen) atoms. The molecule has 0 bridgehead atoms. The van der Waals surface area contributed by atoms with Crippen LogP contribution in [0.1, 0.15) is 15.4 Å². The lowest BCUT2D eigenvalue weighted by Gasteiger charge is -2.05. The monoisotopic (exact) mass is 238 g/mol. The Kier molecular flexibility index (Phi) is 2.83. The molecule has 0 atom stereocenters. The van der Waals surface area contributed by atoms with E-state index in [1.165, 1.54) is 22.7 Å². The van der Waals surface area contributed by atoms with Crippen molar-refractivity contribution in [2.45, 2.75) is 0 Å². The van der Waals surface area contributed by atoms with Gasteiger partial charge in [0, 0.05) is 19.5 Å². The third-order valence-corrected chi connectivity index (χ3v) is 3.73. The summed E-state index contributed by atoms with van der Waals surface area (Å²) in [6.07, 6.45) is 0. The molecular weight excluding hydrogens is 228 g/mol. The number of rotatable bonds is 3. The van der Waals surface area contributed by atoms with Crippen LogP contribution in [0.4, 0.5) is 5.13 Å². The summed E-state index contributed by atoms with van der Waals surface area (Å²) in [4.78, 5) is 18.8. The van der Waals surface area contributed by atoms with Crippen LogP contribution >= 0.6 is 22.7 Å². The number of carbonyl (C=O) groups is 1. The summed E-state index contributed by atoms with van der Waals surface area (Å²) in [6, 6.07) is 3.69. The highest BCUT2D eigenvalue weighted by Crippen LogP contribution is 2.21. The van der Waals surface area contributed by atoms with Gasteiger partial charge in [0.15, 0.2) is 5.13 Å². The van der Waals surface area contributed by atoms with Crippen LogP contribution in [0, 0.1) is 0 Å². The van der Waals surface area contributed by atoms with Crippen molar-refractivity contribution in [3.8, 4) is 0 Å². The zero-order valence-electron chi connectivity index (χ0n) is 8.43. The Morgan fingerprint density at radius 1 is 1.40 bits per heavy atom. The zero-order valence-corrected chi connectivity index (χ0v) is 10.1. The van der Waals surface area contributed by atoms with Gasteiger partial charge in [-0.05, 0) is 11.4 Å². The zero-order chi connectivity index (χ0) is 10.8. The number of carbonyl (C=O) groups excluding carboxylic acids is 1. The van der Waals surface area contributed by atoms with E-state index in [-0.39, 0.29) is 5.78 Å². The van der Waals surface area contributed by atoms with Crippen molar-refractivity contribution in [1.29, 1.82) is 0 Å². The topological polar surface area (TPSA) is 33.2 Å². The van der Waals surface area contributed by atoms with Gasteiger partial charge in [-0.3, -0.25) is 4.79 Å². The Morgan fingerprint density at radius 2 is 2.20 bits per heavy atom. The number of thiazole rings is 1. The molecule has 0 aromatic carbocycles. The maximum atomic E-state index is 11.9. The van der Waals surface area contributed by atoms with Gasteiger partial charge in [0.1, 0.15) is 5.69 Å². The second-order valence-electron chi connectivity index (χ2n) is 3.22. The van der Waals surface area contributed by atoms with Gasteiger partial charge in [0.25, 0.3) is 0 Å². The average molecular weight is 238 g/mol. The van der Waals surface area contributed by atoms with E-state index in [4.69, 9.17) is 0 Å². The first-order chi connectivity index (χ1) is 7.18. The van der Waals surface area contributed by atoms with Crippen molar-refractivity contribution in [2.75, 3.05) is 19.0 Å². The number of hydrogen-bond acceptors (Lipinski definition) is 5. The first kappa shape index (κ1) is 10.3. The van der Waals surface area contributed by atoms with Crippen LogP contribution in [-0.4, -0.2) is 24.9 Å². The summed E-state index contributed by atoms with van der Waals surface area (Å²) in [7, 11) is 3.83. The predicted molar refractivity (Wildman–Crippen MR) is 64.2 cm³/mol. The minimum Gasteiger partial charge on any atom is -0.354 e. The summed E-state index contributed by atoms with van der Waals surface area (Å²) in [5.41, 5.74) is 0.533. The molecule has 0 radical (unpaired) electrons. The third-order valence-electron chi connectivity index (χ3n) is 1.85. The highest BCUT2D eigenvalue weighted by Gasteiger charge is 2.14. The predicted octanol–water partition coefficient (Wildman–Crippen LogP) is 2.50. The molecular formula is C10H10N2OS2. The molecule has 2 aromatic heterocycles. The van der Waals surface area contributed by atoms with E-state index < -0.39 is 0 Å². The van der Waals surface area contributed by atoms with Crippen LogP contribution in [0.25, 0.3) is 0 Å². The van der Waals surface area contributed by atoms with Gasteiger partial charge in [-0.15, -0.1) is 22.7 Å². The number of thiophene rings is 1. The third kappa shape index (κ3) is 2.08. The van der Waals surface area contributed by atoms with E-state index in [0.29, 0.717) is 5.69 Å². The molecule has 78 valence electrons. The molecule has 0 saturated carbocycles. The van der Waals surface area contributed by atoms with Crippen molar-refractivity contribution < 1.29 is 4.79 Å². The molecule has 0 aliphatic carbocycles. The molecule has 3 nitrogen and oxygen atoms in total. The lowest BCUT2D eigenvalue weighted by molar-refractivity contribution is 0.103. The lowest BCUT2D eigenvalue weighted by atomic mass is 10.3. The van der Waals surface area contributed by atoms with Crippen molar-refractivity contribution in [2.24, 2.45) is 0 Å². The fourth-order valence-corrected chi connectivity index (χ4v) is 2.52. The second kappa shape index (κ2) is 4.12. The number of ketones is 1. The minimum atomic E-state index is 0.00866. The summed E-state index contributed by atoms with van der Waals surface area (Å²) in [6.45, 7) is 0. The summed E-state index contributed by atoms with van der Waals surface area (Å²) in [5, 5.41) is 4.55. The van der Waals surface area contributed by atoms with Crippen molar-refractivity contribution in [3.05, 3.63) is 33.5 Å². The van der Waals surface area contributed by atoms with Gasteiger partial charge in [0.2, 0.25) is 5.78 Å². The van der Waals surface area contributed by atoms with Crippen molar-refractivity contribution in [3.63, 3.8) is 0 Å². The fourth-order valence-electron chi connectivity index (χ4n) is 1.11. The van der Waals surface area contributed by atoms with E-state index in [1.54, 1.807) is 5.38 Å². The molecule has 0 fully saturated rings. The Bertz CT molecular complexity index is 459. The molecule has 0 aliphatic rings. The average Bonchev–Trinajstić information content (AvgIpc) is 2.88. The van der Waals surface area contributed by atoms with Gasteiger partial charge < -0.3 is 4.90 Å². The summed E-state index contributed by atoms with van der Waals surface area (Å²) < 4.78 is 0. The lowest BCUT2D eigenvalue weighted by Crippen LogP contribution is -2.09. The van der Waals surface area contributed by atoms with Crippen LogP contribution < -0.4 is 4.90 Å². The molecule has 5 heteroatoms. The second-order valence-corrected chi connectivity index (χ2v) is 5.00. The molecule has 2 heterocycles. The summed E-state index contributed by atoms with van der Waals surface area (Å²) >= 11 is 2.93. The Balaban J connectivity index is 2.27. The van der Waals surface area contributed by atoms with Crippen LogP contribution in [0.3, 0.4) is 0 Å². The van der Waals surface area contributed by atoms with Gasteiger partial charge >= 0.3 is 0 Å². The van der Waals surface area contributed by atoms with E-state index in [0.717, 1.165) is 10.0 Å². The molecule has 0 amide bonds. The normalized spacial score (nSPS) is 10.3. The number of hydrogen-bond donors (Lipinski definition) is 0. The van der Waals surface area contributed by atoms with E-state index in [1.807, 2.05) is 36.5 Å². The van der Waals surface area contributed by atoms with Gasteiger partial charge in [0.05, 0.1) is 4.88 Å². The smallest absolute Gasteiger partial charge is 0.222 e. The Hall–Kier alpha value is -1.20. The van der Waals surface area contributed by atoms with E-state index >= 15 is 0 Å². The number of aromatic nitrogens is 1. The van der Waals surface area contributed by atoms with E-state index in [9.17, 15) is 4.79 Å². The first-order valence-corrected chi connectivity index (χ1v) is 6.15. The van der Waals surface area contributed by atoms with Crippen molar-refractivity contribution in [1.82, 2.24) is 4.98 Å². The van der Waals surface area contributed by atoms with Gasteiger partial charge in [-0.25, -0.2) is 4.98 Å². The van der Waals surface area contributed by atoms with Crippen LogP contribution in [0.2, 0.25) is 0 Å². The van der Waals surface area contributed by atoms with Crippen LogP contribution in [-0.2, 0) is 0 Å². The molecule has 0 N–H and O–H groups in total. The highest BCUT2D eigenvalue weighted by molar-refractivity contribution is 7.14. The highest BCUT2D eigenvalue weighted by atomic mass is 32.1. The van der Waals surface area contributed by atoms with E-state index in [2.05, 4.69) is 4.98 Å². The first-order valence-electron chi connectivity index (χ1n) is 4.39. The fraction of sp³-hybridized carbons (Fsp3) is 0.200. The SMILES string of the molecule is CN(C)c1nc(C(=O)c2cccs2)cs1. The van der Waals surface area contributed by atoms with Crippen LogP contribution in [0.15, 0.2) is 22.9 Å². The number of nitrogens with zero attached hydrogens (tertiary/aromatic N) is 2. The Morgan fingerprint density at radius 3 is 2.73 bits per heavy atom. The van der Waals surface area contributed by atoms with Crippen LogP contribution in [0.5, 0.6) is 0 Å². The van der Waals surface area contributed by atoms with Gasteiger partial charge in [-0.2, -0.15) is 0 Å². The number of anilines is 1. The molecule has 0 spiro atoms. The Labute approximate surface area is 96.0 Å². The molecule has 2 rings (SSSR count). The minimum absolute atomic E-state index is 0.00866. The standard InChI is InChI=1S/C10H10N2OS2/c1-12(2)10-11-7(6-15-10)9(13)8-4-3-5-14-8/h3-6H,1-2H3.